The summed E-state index contributed by atoms with van der Waals surface area (Å²) in [5.74, 6) is -10.4. The van der Waals surface area contributed by atoms with Crippen LogP contribution in [-0.2, 0) is 32.0 Å². The Labute approximate surface area is 241 Å². The number of fused-ring (bicyclic) bond motifs is 3. The fourth-order valence-electron chi connectivity index (χ4n) is 6.96. The van der Waals surface area contributed by atoms with E-state index in [0.29, 0.717) is 23.3 Å². The number of ketones is 4. The molecule has 42 heavy (non-hydrogen) atoms. The maximum absolute atomic E-state index is 13.9. The first kappa shape index (κ1) is 29.2. The van der Waals surface area contributed by atoms with E-state index in [1.54, 1.807) is 38.4 Å². The van der Waals surface area contributed by atoms with Gasteiger partial charge in [0.15, 0.2) is 46.2 Å². The van der Waals surface area contributed by atoms with Gasteiger partial charge < -0.3 is 25.8 Å². The first-order valence-corrected chi connectivity index (χ1v) is 13.5. The number of hydrogen-bond donors (Lipinski definition) is 4. The van der Waals surface area contributed by atoms with E-state index >= 15 is 0 Å². The van der Waals surface area contributed by atoms with Crippen LogP contribution in [0.3, 0.4) is 0 Å². The molecular formula is C31H32N2O9. The molecule has 3 aliphatic carbocycles. The average molecular weight is 577 g/mol. The standard InChI is InChI=1S/C31H32N2O9/c1-33(2)25-18-13-16-12-17-15(6-4-5-14-7-9-19(34)21(11-14)42-3)8-10-20(35)23(17)26(36)22(16)28(38)31(18,41)29(39)24(27(25)37)30(32)40/h4,6-11,16,18,22,24-25,34-35,41H,5,12-13H2,1-3H3,(H2,32,40)/t16-,18-,22?,24?,25-,31-/m1/s1. The third-order valence-corrected chi connectivity index (χ3v) is 8.88. The number of nitrogens with zero attached hydrogens (tertiary/aromatic N) is 1. The van der Waals surface area contributed by atoms with E-state index in [1.165, 1.54) is 24.1 Å². The number of carbonyl (C=O) groups is 5. The molecule has 0 saturated heterocycles. The van der Waals surface area contributed by atoms with Gasteiger partial charge in [-0.05, 0) is 74.2 Å². The van der Waals surface area contributed by atoms with Gasteiger partial charge in [0, 0.05) is 5.92 Å². The summed E-state index contributed by atoms with van der Waals surface area (Å²) in [5.41, 5.74) is 4.55. The molecule has 1 amide bonds. The van der Waals surface area contributed by atoms with Gasteiger partial charge in [0.2, 0.25) is 5.91 Å². The van der Waals surface area contributed by atoms with Crippen LogP contribution in [0, 0.1) is 23.7 Å². The molecule has 0 aliphatic heterocycles. The minimum atomic E-state index is -2.75. The summed E-state index contributed by atoms with van der Waals surface area (Å²) in [5, 5.41) is 32.2. The molecule has 5 N–H and O–H groups in total. The molecule has 0 spiro atoms. The zero-order valence-corrected chi connectivity index (χ0v) is 23.4. The van der Waals surface area contributed by atoms with Crippen LogP contribution in [0.25, 0.3) is 6.08 Å². The quantitative estimate of drug-likeness (QED) is 0.359. The number of phenols is 2. The van der Waals surface area contributed by atoms with E-state index < -0.39 is 64.4 Å². The number of ether oxygens (including phenoxy) is 1. The summed E-state index contributed by atoms with van der Waals surface area (Å²) >= 11 is 0. The molecule has 2 aromatic rings. The van der Waals surface area contributed by atoms with Crippen LogP contribution in [0.2, 0.25) is 0 Å². The van der Waals surface area contributed by atoms with Gasteiger partial charge in [0.1, 0.15) is 5.75 Å². The van der Waals surface area contributed by atoms with Crippen molar-refractivity contribution in [2.75, 3.05) is 21.2 Å². The third-order valence-electron chi connectivity index (χ3n) is 8.88. The smallest absolute Gasteiger partial charge is 0.235 e. The molecule has 0 bridgehead atoms. The van der Waals surface area contributed by atoms with Gasteiger partial charge in [-0.15, -0.1) is 0 Å². The molecule has 11 heteroatoms. The molecule has 220 valence electrons. The molecule has 2 saturated carbocycles. The fourth-order valence-corrected chi connectivity index (χ4v) is 6.96. The van der Waals surface area contributed by atoms with E-state index in [-0.39, 0.29) is 29.9 Å². The molecule has 0 aromatic heterocycles. The highest BCUT2D eigenvalue weighted by Gasteiger charge is 2.69. The summed E-state index contributed by atoms with van der Waals surface area (Å²) in [6.07, 6.45) is 4.27. The predicted octanol–water partition coefficient (Wildman–Crippen LogP) is 0.837. The van der Waals surface area contributed by atoms with E-state index in [9.17, 15) is 39.3 Å². The van der Waals surface area contributed by atoms with Crippen LogP contribution in [0.15, 0.2) is 36.4 Å². The summed E-state index contributed by atoms with van der Waals surface area (Å²) in [4.78, 5) is 67.8. The van der Waals surface area contributed by atoms with Crippen LogP contribution in [0.5, 0.6) is 17.2 Å². The van der Waals surface area contributed by atoms with Gasteiger partial charge in [-0.1, -0.05) is 24.3 Å². The summed E-state index contributed by atoms with van der Waals surface area (Å²) < 4.78 is 5.15. The van der Waals surface area contributed by atoms with Crippen molar-refractivity contribution >= 4 is 35.1 Å². The van der Waals surface area contributed by atoms with Crippen molar-refractivity contribution in [2.24, 2.45) is 29.4 Å². The predicted molar refractivity (Wildman–Crippen MR) is 149 cm³/mol. The largest absolute Gasteiger partial charge is 0.507 e. The minimum absolute atomic E-state index is 0.0165. The summed E-state index contributed by atoms with van der Waals surface area (Å²) in [6, 6.07) is 6.82. The van der Waals surface area contributed by atoms with E-state index in [1.807, 2.05) is 6.08 Å². The Morgan fingerprint density at radius 3 is 2.43 bits per heavy atom. The van der Waals surface area contributed by atoms with Crippen molar-refractivity contribution in [1.29, 1.82) is 0 Å². The van der Waals surface area contributed by atoms with E-state index in [4.69, 9.17) is 10.5 Å². The Balaban J connectivity index is 1.52. The van der Waals surface area contributed by atoms with Crippen molar-refractivity contribution in [2.45, 2.75) is 30.9 Å². The Bertz CT molecular complexity index is 1560. The zero-order chi connectivity index (χ0) is 30.7. The molecule has 11 nitrogen and oxygen atoms in total. The first-order valence-electron chi connectivity index (χ1n) is 13.5. The van der Waals surface area contributed by atoms with Crippen molar-refractivity contribution < 1.29 is 44.0 Å². The number of amides is 1. The number of aliphatic hydroxyl groups is 1. The number of likely N-dealkylation sites (N-methyl/N-ethyl adjacent to an activating group) is 1. The fraction of sp³-hybridized carbons (Fsp3) is 0.387. The summed E-state index contributed by atoms with van der Waals surface area (Å²) in [6.45, 7) is 0. The maximum Gasteiger partial charge on any atom is 0.235 e. The zero-order valence-electron chi connectivity index (χ0n) is 23.4. The highest BCUT2D eigenvalue weighted by molar-refractivity contribution is 6.32. The van der Waals surface area contributed by atoms with Crippen molar-refractivity contribution in [3.63, 3.8) is 0 Å². The maximum atomic E-state index is 13.9. The number of allylic oxidation sites excluding steroid dienone is 1. The topological polar surface area (TPSA) is 185 Å². The van der Waals surface area contributed by atoms with Crippen molar-refractivity contribution in [3.05, 3.63) is 58.7 Å². The SMILES string of the molecule is COc1cc(CC=Cc2ccc(O)c3c2C[C@@H]2C[C@@H]4[C@@H](N(C)C)C(=O)C(C(N)=O)C(=O)[C@]4(O)C(=O)C2C3=O)ccc1O. The number of rotatable bonds is 6. The highest BCUT2D eigenvalue weighted by atomic mass is 16.5. The molecule has 2 fully saturated rings. The van der Waals surface area contributed by atoms with E-state index in [2.05, 4.69) is 0 Å². The lowest BCUT2D eigenvalue weighted by Crippen LogP contribution is -2.74. The Kier molecular flexibility index (Phi) is 7.28. The molecule has 2 aromatic carbocycles. The lowest BCUT2D eigenvalue weighted by Gasteiger charge is -2.52. The Morgan fingerprint density at radius 2 is 1.79 bits per heavy atom. The van der Waals surface area contributed by atoms with Crippen LogP contribution in [0.1, 0.15) is 33.5 Å². The van der Waals surface area contributed by atoms with Gasteiger partial charge in [0.05, 0.1) is 24.6 Å². The average Bonchev–Trinajstić information content (AvgIpc) is 2.92. The van der Waals surface area contributed by atoms with Crippen LogP contribution in [0.4, 0.5) is 0 Å². The number of methoxy groups -OCH3 is 1. The monoisotopic (exact) mass is 576 g/mol. The number of primary amides is 1. The Morgan fingerprint density at radius 1 is 1.10 bits per heavy atom. The number of nitrogens with two attached hydrogens (primary N) is 1. The van der Waals surface area contributed by atoms with Gasteiger partial charge in [-0.2, -0.15) is 0 Å². The molecular weight excluding hydrogens is 544 g/mol. The molecule has 3 aliphatic rings. The van der Waals surface area contributed by atoms with Gasteiger partial charge in [-0.3, -0.25) is 28.9 Å². The number of aromatic hydroxyl groups is 2. The second-order valence-corrected chi connectivity index (χ2v) is 11.4. The Hall–Kier alpha value is -4.35. The molecule has 6 atom stereocenters. The lowest BCUT2D eigenvalue weighted by molar-refractivity contribution is -0.181. The molecule has 5 rings (SSSR count). The summed E-state index contributed by atoms with van der Waals surface area (Å²) in [7, 11) is 4.53. The van der Waals surface area contributed by atoms with Gasteiger partial charge in [-0.25, -0.2) is 0 Å². The second-order valence-electron chi connectivity index (χ2n) is 11.4. The van der Waals surface area contributed by atoms with Crippen LogP contribution in [-0.4, -0.2) is 82.1 Å². The lowest BCUT2D eigenvalue weighted by atomic mass is 9.52. The molecule has 2 unspecified atom stereocenters. The number of benzene rings is 2. The number of Topliss-reactive ketones (excluding diaryl/α,β-unsaturated/α-hetero) is 4. The first-order chi connectivity index (χ1) is 19.8. The third kappa shape index (κ3) is 4.31. The number of carbonyl (C=O) groups excluding carboxylic acids is 5. The van der Waals surface area contributed by atoms with Gasteiger partial charge >= 0.3 is 0 Å². The minimum Gasteiger partial charge on any atom is -0.507 e. The van der Waals surface area contributed by atoms with Crippen molar-refractivity contribution in [1.82, 2.24) is 4.90 Å². The highest BCUT2D eigenvalue weighted by Crippen LogP contribution is 2.51. The number of phenolic OH excluding ortho intramolecular Hbond substituents is 2. The number of hydrogen-bond acceptors (Lipinski definition) is 10. The van der Waals surface area contributed by atoms with Crippen LogP contribution < -0.4 is 10.5 Å². The van der Waals surface area contributed by atoms with Crippen molar-refractivity contribution in [3.8, 4) is 17.2 Å². The molecule has 0 heterocycles. The van der Waals surface area contributed by atoms with Crippen LogP contribution >= 0.6 is 0 Å². The van der Waals surface area contributed by atoms with Gasteiger partial charge in [0.25, 0.3) is 0 Å². The second kappa shape index (κ2) is 10.5. The molecule has 0 radical (unpaired) electrons. The normalized spacial score (nSPS) is 28.9. The van der Waals surface area contributed by atoms with E-state index in [0.717, 1.165) is 5.56 Å².